The van der Waals surface area contributed by atoms with Crippen molar-refractivity contribution in [2.45, 2.75) is 26.7 Å². The predicted octanol–water partition coefficient (Wildman–Crippen LogP) is 5.79. The number of rotatable bonds is 3. The van der Waals surface area contributed by atoms with Gasteiger partial charge in [-0.3, -0.25) is 0 Å². The Morgan fingerprint density at radius 3 is 1.86 bits per heavy atom. The molecule has 0 spiro atoms. The van der Waals surface area contributed by atoms with Gasteiger partial charge in [0.1, 0.15) is 0 Å². The van der Waals surface area contributed by atoms with Crippen molar-refractivity contribution >= 4 is 0 Å². The molecule has 1 unspecified atom stereocenters. The molecule has 0 fully saturated rings. The molecule has 3 aromatic rings. The molecule has 0 amide bonds. The zero-order valence-electron chi connectivity index (χ0n) is 13.5. The van der Waals surface area contributed by atoms with Gasteiger partial charge >= 0.3 is 0 Å². The van der Waals surface area contributed by atoms with Crippen LogP contribution < -0.4 is 0 Å². The van der Waals surface area contributed by atoms with E-state index in [2.05, 4.69) is 93.6 Å². The fraction of sp³-hybridized carbons (Fsp3) is 0.182. The minimum Gasteiger partial charge on any atom is -0.0622 e. The lowest BCUT2D eigenvalue weighted by Gasteiger charge is -2.23. The highest BCUT2D eigenvalue weighted by molar-refractivity contribution is 5.49. The zero-order valence-corrected chi connectivity index (χ0v) is 13.5. The van der Waals surface area contributed by atoms with Crippen molar-refractivity contribution in [3.05, 3.63) is 106 Å². The van der Waals surface area contributed by atoms with Crippen LogP contribution in [0.4, 0.5) is 0 Å². The lowest BCUT2D eigenvalue weighted by atomic mass is 9.80. The summed E-state index contributed by atoms with van der Waals surface area (Å²) in [6.45, 7) is 6.63. The van der Waals surface area contributed by atoms with Gasteiger partial charge in [0.2, 0.25) is 0 Å². The minimum atomic E-state index is 0.294. The van der Waals surface area contributed by atoms with Crippen LogP contribution in [0.15, 0.2) is 72.8 Å². The molecule has 1 atom stereocenters. The summed E-state index contributed by atoms with van der Waals surface area (Å²) >= 11 is 0. The quantitative estimate of drug-likeness (QED) is 0.534. The molecule has 0 aliphatic carbocycles. The summed E-state index contributed by atoms with van der Waals surface area (Å²) in [5.74, 6) is 0.294. The Morgan fingerprint density at radius 2 is 1.14 bits per heavy atom. The van der Waals surface area contributed by atoms with Gasteiger partial charge in [-0.1, -0.05) is 72.8 Å². The number of hydrogen-bond donors (Lipinski definition) is 0. The third kappa shape index (κ3) is 2.69. The molecule has 0 nitrogen and oxygen atoms in total. The van der Waals surface area contributed by atoms with Gasteiger partial charge in [0, 0.05) is 5.92 Å². The summed E-state index contributed by atoms with van der Waals surface area (Å²) in [5.41, 5.74) is 8.23. The van der Waals surface area contributed by atoms with Gasteiger partial charge in [0.25, 0.3) is 0 Å². The van der Waals surface area contributed by atoms with Crippen LogP contribution in [0.1, 0.15) is 39.3 Å². The van der Waals surface area contributed by atoms with Crippen molar-refractivity contribution in [3.8, 4) is 0 Å². The van der Waals surface area contributed by atoms with E-state index < -0.39 is 0 Å². The van der Waals surface area contributed by atoms with Crippen LogP contribution >= 0.6 is 0 Å². The van der Waals surface area contributed by atoms with Gasteiger partial charge in [-0.15, -0.1) is 0 Å². The van der Waals surface area contributed by atoms with Crippen molar-refractivity contribution in [3.63, 3.8) is 0 Å². The van der Waals surface area contributed by atoms with Crippen LogP contribution in [0.3, 0.4) is 0 Å². The Kier molecular flexibility index (Phi) is 4.11. The second kappa shape index (κ2) is 6.19. The molecule has 0 radical (unpaired) electrons. The molecule has 0 heterocycles. The molecule has 0 heteroatoms. The lowest BCUT2D eigenvalue weighted by Crippen LogP contribution is -2.07. The van der Waals surface area contributed by atoms with E-state index in [0.717, 1.165) is 0 Å². The van der Waals surface area contributed by atoms with E-state index in [1.54, 1.807) is 0 Å². The summed E-state index contributed by atoms with van der Waals surface area (Å²) in [4.78, 5) is 0. The smallest absolute Gasteiger partial charge is 0.0345 e. The first-order valence-corrected chi connectivity index (χ1v) is 7.85. The Hall–Kier alpha value is -2.34. The maximum Gasteiger partial charge on any atom is 0.0345 e. The van der Waals surface area contributed by atoms with E-state index in [-0.39, 0.29) is 0 Å². The molecule has 3 rings (SSSR count). The normalized spacial score (nSPS) is 12.1. The van der Waals surface area contributed by atoms with E-state index in [9.17, 15) is 0 Å². The Balaban J connectivity index is 2.25. The van der Waals surface area contributed by atoms with E-state index >= 15 is 0 Å². The zero-order chi connectivity index (χ0) is 15.5. The summed E-state index contributed by atoms with van der Waals surface area (Å²) in [6, 6.07) is 26.2. The van der Waals surface area contributed by atoms with Crippen molar-refractivity contribution < 1.29 is 0 Å². The van der Waals surface area contributed by atoms with Crippen LogP contribution in [0, 0.1) is 20.8 Å². The highest BCUT2D eigenvalue weighted by atomic mass is 14.2. The molecular formula is C22H22. The van der Waals surface area contributed by atoms with Gasteiger partial charge in [-0.2, -0.15) is 0 Å². The fourth-order valence-corrected chi connectivity index (χ4v) is 3.17. The van der Waals surface area contributed by atoms with E-state index in [0.29, 0.717) is 5.92 Å². The van der Waals surface area contributed by atoms with Gasteiger partial charge < -0.3 is 0 Å². The highest BCUT2D eigenvalue weighted by Gasteiger charge is 2.20. The molecule has 0 aromatic heterocycles. The molecule has 0 saturated carbocycles. The van der Waals surface area contributed by atoms with Crippen LogP contribution in [-0.2, 0) is 0 Å². The summed E-state index contributed by atoms with van der Waals surface area (Å²) in [6.07, 6.45) is 0. The van der Waals surface area contributed by atoms with Crippen molar-refractivity contribution in [1.82, 2.24) is 0 Å². The lowest BCUT2D eigenvalue weighted by molar-refractivity contribution is 0.945. The fourth-order valence-electron chi connectivity index (χ4n) is 3.17. The second-order valence-electron chi connectivity index (χ2n) is 5.99. The molecule has 0 aliphatic rings. The predicted molar refractivity (Wildman–Crippen MR) is 94.5 cm³/mol. The Labute approximate surface area is 133 Å². The van der Waals surface area contributed by atoms with E-state index in [1.165, 1.54) is 33.4 Å². The van der Waals surface area contributed by atoms with Crippen LogP contribution in [0.25, 0.3) is 0 Å². The van der Waals surface area contributed by atoms with Gasteiger partial charge in [0.05, 0.1) is 0 Å². The van der Waals surface area contributed by atoms with E-state index in [4.69, 9.17) is 0 Å². The average Bonchev–Trinajstić information content (AvgIpc) is 2.54. The summed E-state index contributed by atoms with van der Waals surface area (Å²) in [5, 5.41) is 0. The molecule has 0 N–H and O–H groups in total. The first kappa shape index (κ1) is 14.6. The molecule has 0 saturated heterocycles. The monoisotopic (exact) mass is 286 g/mol. The molecule has 22 heavy (non-hydrogen) atoms. The van der Waals surface area contributed by atoms with Crippen LogP contribution in [0.2, 0.25) is 0 Å². The van der Waals surface area contributed by atoms with E-state index in [1.807, 2.05) is 0 Å². The third-order valence-electron chi connectivity index (χ3n) is 4.59. The number of benzene rings is 3. The Morgan fingerprint density at radius 1 is 0.545 bits per heavy atom. The van der Waals surface area contributed by atoms with Crippen molar-refractivity contribution in [2.24, 2.45) is 0 Å². The van der Waals surface area contributed by atoms with Crippen molar-refractivity contribution in [1.29, 1.82) is 0 Å². The molecule has 110 valence electrons. The largest absolute Gasteiger partial charge is 0.0622 e. The first-order chi connectivity index (χ1) is 10.7. The Bertz CT molecular complexity index is 769. The van der Waals surface area contributed by atoms with Crippen LogP contribution in [-0.4, -0.2) is 0 Å². The maximum atomic E-state index is 2.27. The van der Waals surface area contributed by atoms with Gasteiger partial charge in [-0.05, 0) is 54.2 Å². The SMILES string of the molecule is Cc1ccccc1C(c1ccccc1)c1cccc(C)c1C. The summed E-state index contributed by atoms with van der Waals surface area (Å²) < 4.78 is 0. The minimum absolute atomic E-state index is 0.294. The molecule has 0 bridgehead atoms. The van der Waals surface area contributed by atoms with Gasteiger partial charge in [0.15, 0.2) is 0 Å². The van der Waals surface area contributed by atoms with Gasteiger partial charge in [-0.25, -0.2) is 0 Å². The molecule has 3 aromatic carbocycles. The topological polar surface area (TPSA) is 0 Å². The van der Waals surface area contributed by atoms with Crippen molar-refractivity contribution in [2.75, 3.05) is 0 Å². The average molecular weight is 286 g/mol. The maximum absolute atomic E-state index is 2.27. The third-order valence-corrected chi connectivity index (χ3v) is 4.59. The summed E-state index contributed by atoms with van der Waals surface area (Å²) in [7, 11) is 0. The number of aryl methyl sites for hydroxylation is 2. The highest BCUT2D eigenvalue weighted by Crippen LogP contribution is 2.35. The first-order valence-electron chi connectivity index (χ1n) is 7.85. The number of hydrogen-bond acceptors (Lipinski definition) is 0. The van der Waals surface area contributed by atoms with Crippen LogP contribution in [0.5, 0.6) is 0 Å². The molecule has 0 aliphatic heterocycles. The second-order valence-corrected chi connectivity index (χ2v) is 5.99. The molecular weight excluding hydrogens is 264 g/mol. The standard InChI is InChI=1S/C22H22/c1-16-11-9-15-21(18(16)3)22(19-12-5-4-6-13-19)20-14-8-7-10-17(20)2/h4-15,22H,1-3H3.